The number of alkyl halides is 6. The van der Waals surface area contributed by atoms with Crippen LogP contribution >= 0.6 is 0 Å². The predicted octanol–water partition coefficient (Wildman–Crippen LogP) is 8.69. The first-order chi connectivity index (χ1) is 29.3. The number of rotatable bonds is 13. The van der Waals surface area contributed by atoms with Gasteiger partial charge >= 0.3 is 12.4 Å². The molecule has 4 aromatic carbocycles. The van der Waals surface area contributed by atoms with Crippen molar-refractivity contribution < 1.29 is 49.4 Å². The topological polar surface area (TPSA) is 189 Å². The maximum Gasteiger partial charge on any atom is 0.416 e. The molecule has 4 heterocycles. The zero-order chi connectivity index (χ0) is 43.0. The van der Waals surface area contributed by atoms with Gasteiger partial charge in [0.05, 0.1) is 22.5 Å². The van der Waals surface area contributed by atoms with Gasteiger partial charge in [-0.25, -0.2) is 9.97 Å². The van der Waals surface area contributed by atoms with Crippen LogP contribution in [-0.2, 0) is 38.6 Å². The van der Waals surface area contributed by atoms with Gasteiger partial charge in [0, 0.05) is 17.5 Å². The van der Waals surface area contributed by atoms with E-state index in [0.29, 0.717) is 69.4 Å². The third kappa shape index (κ3) is 11.1. The Hall–Kier alpha value is -7.58. The Kier molecular flexibility index (Phi) is 12.4. The van der Waals surface area contributed by atoms with Crippen molar-refractivity contribution >= 4 is 0 Å². The van der Waals surface area contributed by atoms with Crippen molar-refractivity contribution in [3.8, 4) is 40.2 Å². The first-order valence-corrected chi connectivity index (χ1v) is 18.1. The van der Waals surface area contributed by atoms with E-state index in [0.717, 1.165) is 29.8 Å². The minimum Gasteiger partial charge on any atom is -0.486 e. The zero-order valence-corrected chi connectivity index (χ0v) is 32.0. The molecule has 0 radical (unpaired) electrons. The Morgan fingerprint density at radius 1 is 0.508 bits per heavy atom. The van der Waals surface area contributed by atoms with Crippen LogP contribution in [-0.4, -0.2) is 51.2 Å². The fourth-order valence-corrected chi connectivity index (χ4v) is 5.44. The number of hydrogen-bond acceptors (Lipinski definition) is 13. The molecular weight excluding hydrogens is 814 g/mol. The molecule has 0 saturated heterocycles. The molecule has 2 N–H and O–H groups in total. The molecule has 4 aromatic heterocycles. The monoisotopic (exact) mass is 846 g/mol. The van der Waals surface area contributed by atoms with Gasteiger partial charge in [0.2, 0.25) is 17.6 Å². The fourth-order valence-electron chi connectivity index (χ4n) is 5.44. The number of oxazole rings is 2. The summed E-state index contributed by atoms with van der Waals surface area (Å²) >= 11 is 0. The number of aryl methyl sites for hydroxylation is 2. The second kappa shape index (κ2) is 18.1. The van der Waals surface area contributed by atoms with Gasteiger partial charge in [-0.15, -0.1) is 20.4 Å². The Balaban J connectivity index is 0.000000184. The van der Waals surface area contributed by atoms with Crippen LogP contribution < -0.4 is 14.2 Å². The summed E-state index contributed by atoms with van der Waals surface area (Å²) in [7, 11) is 0. The molecule has 0 saturated carbocycles. The second-order valence-electron chi connectivity index (χ2n) is 13.0. The van der Waals surface area contributed by atoms with Crippen LogP contribution in [0.4, 0.5) is 26.3 Å². The molecule has 8 aromatic rings. The van der Waals surface area contributed by atoms with Crippen molar-refractivity contribution in [2.45, 2.75) is 52.4 Å². The van der Waals surface area contributed by atoms with Crippen molar-refractivity contribution in [3.05, 3.63) is 148 Å². The lowest BCUT2D eigenvalue weighted by Crippen LogP contribution is -2.03. The molecule has 0 atom stereocenters. The van der Waals surface area contributed by atoms with E-state index in [1.165, 1.54) is 24.3 Å². The Bertz CT molecular complexity index is 2590. The molecule has 0 aliphatic heterocycles. The van der Waals surface area contributed by atoms with Crippen molar-refractivity contribution in [2.24, 2.45) is 0 Å². The lowest BCUT2D eigenvalue weighted by Gasteiger charge is -2.07. The number of H-pyrrole nitrogens is 2. The molecule has 8 rings (SSSR count). The molecule has 0 amide bonds. The van der Waals surface area contributed by atoms with Crippen LogP contribution in [0.2, 0.25) is 0 Å². The molecule has 0 fully saturated rings. The summed E-state index contributed by atoms with van der Waals surface area (Å²) in [6.45, 7) is 3.93. The number of halogens is 6. The number of benzene rings is 4. The molecular formula is C40H32F6N10O5. The van der Waals surface area contributed by atoms with Gasteiger partial charge < -0.3 is 23.0 Å². The zero-order valence-electron chi connectivity index (χ0n) is 32.0. The highest BCUT2D eigenvalue weighted by molar-refractivity contribution is 5.55. The minimum absolute atomic E-state index is 0.114. The van der Waals surface area contributed by atoms with Gasteiger partial charge in [-0.1, -0.05) is 22.6 Å². The third-order valence-electron chi connectivity index (χ3n) is 8.70. The normalized spacial score (nSPS) is 11.5. The standard InChI is InChI=1S/C20H16F3N5O3.C20H16F3N5O2/c1-12-17(31-19(24-12)13-2-4-14(5-3-13)20(21,22)23)10-29-15-6-8-16(9-7-15)30-11-18-25-27-28-26-18;1-12-17(30-19(24-12)14-4-6-15(7-5-14)20(21,22)23)11-29-16-8-2-13(3-9-16)10-18-25-27-28-26-18/h2-9H,10-11H2,1H3,(H,25,26,27,28);2-9H,10-11H2,1H3,(H,25,26,27,28). The largest absolute Gasteiger partial charge is 0.486 e. The summed E-state index contributed by atoms with van der Waals surface area (Å²) in [4.78, 5) is 8.57. The van der Waals surface area contributed by atoms with Crippen molar-refractivity contribution in [2.75, 3.05) is 0 Å². The molecule has 0 aliphatic rings. The first-order valence-electron chi connectivity index (χ1n) is 18.1. The Morgan fingerprint density at radius 3 is 1.30 bits per heavy atom. The summed E-state index contributed by atoms with van der Waals surface area (Å²) < 4.78 is 105. The number of tetrazole rings is 2. The Morgan fingerprint density at radius 2 is 0.902 bits per heavy atom. The van der Waals surface area contributed by atoms with Crippen LogP contribution in [0.25, 0.3) is 22.9 Å². The van der Waals surface area contributed by atoms with Gasteiger partial charge in [-0.3, -0.25) is 0 Å². The van der Waals surface area contributed by atoms with Crippen LogP contribution in [0.5, 0.6) is 17.2 Å². The lowest BCUT2D eigenvalue weighted by molar-refractivity contribution is -0.138. The molecule has 0 bridgehead atoms. The van der Waals surface area contributed by atoms with Crippen molar-refractivity contribution in [1.82, 2.24) is 51.2 Å². The van der Waals surface area contributed by atoms with E-state index < -0.39 is 23.5 Å². The summed E-state index contributed by atoms with van der Waals surface area (Å²) in [6, 6.07) is 23.7. The third-order valence-corrected chi connectivity index (χ3v) is 8.70. The number of nitrogens with zero attached hydrogens (tertiary/aromatic N) is 8. The molecule has 314 valence electrons. The number of hydrogen-bond donors (Lipinski definition) is 2. The fraction of sp³-hybridized carbons (Fsp3) is 0.200. The van der Waals surface area contributed by atoms with Crippen molar-refractivity contribution in [1.29, 1.82) is 0 Å². The maximum atomic E-state index is 12.7. The highest BCUT2D eigenvalue weighted by atomic mass is 19.4. The van der Waals surface area contributed by atoms with Gasteiger partial charge in [-0.2, -0.15) is 36.8 Å². The predicted molar refractivity (Wildman–Crippen MR) is 200 cm³/mol. The average molecular weight is 847 g/mol. The van der Waals surface area contributed by atoms with E-state index in [9.17, 15) is 26.3 Å². The highest BCUT2D eigenvalue weighted by Crippen LogP contribution is 2.33. The van der Waals surface area contributed by atoms with Gasteiger partial charge in [-0.05, 0) is 104 Å². The molecule has 0 aliphatic carbocycles. The molecule has 15 nitrogen and oxygen atoms in total. The number of aromatic amines is 2. The van der Waals surface area contributed by atoms with Gasteiger partial charge in [0.25, 0.3) is 0 Å². The molecule has 0 unspecified atom stereocenters. The van der Waals surface area contributed by atoms with E-state index in [-0.39, 0.29) is 31.6 Å². The Labute approximate surface area is 341 Å². The summed E-state index contributed by atoms with van der Waals surface area (Å²) in [6.07, 6.45) is -8.22. The highest BCUT2D eigenvalue weighted by Gasteiger charge is 2.31. The summed E-state index contributed by atoms with van der Waals surface area (Å²) in [5.41, 5.74) is 1.67. The van der Waals surface area contributed by atoms with Crippen LogP contribution in [0.3, 0.4) is 0 Å². The van der Waals surface area contributed by atoms with E-state index in [2.05, 4.69) is 51.2 Å². The number of aromatic nitrogens is 10. The quantitative estimate of drug-likeness (QED) is 0.105. The van der Waals surface area contributed by atoms with Crippen LogP contribution in [0.15, 0.2) is 106 Å². The number of ether oxygens (including phenoxy) is 3. The molecule has 0 spiro atoms. The van der Waals surface area contributed by atoms with E-state index >= 15 is 0 Å². The summed E-state index contributed by atoms with van der Waals surface area (Å²) in [5, 5.41) is 27.1. The average Bonchev–Trinajstić information content (AvgIpc) is 4.09. The lowest BCUT2D eigenvalue weighted by atomic mass is 10.1. The van der Waals surface area contributed by atoms with E-state index in [1.54, 1.807) is 38.1 Å². The van der Waals surface area contributed by atoms with E-state index in [1.807, 2.05) is 24.3 Å². The maximum absolute atomic E-state index is 12.7. The van der Waals surface area contributed by atoms with Gasteiger partial charge in [0.15, 0.2) is 24.0 Å². The van der Waals surface area contributed by atoms with Crippen LogP contribution in [0.1, 0.15) is 51.2 Å². The van der Waals surface area contributed by atoms with Crippen molar-refractivity contribution in [3.63, 3.8) is 0 Å². The van der Waals surface area contributed by atoms with Crippen LogP contribution in [0, 0.1) is 13.8 Å². The molecule has 21 heteroatoms. The first kappa shape index (κ1) is 41.6. The smallest absolute Gasteiger partial charge is 0.416 e. The number of nitrogens with one attached hydrogen (secondary N) is 2. The van der Waals surface area contributed by atoms with E-state index in [4.69, 9.17) is 23.0 Å². The SMILES string of the molecule is Cc1nc(-c2ccc(C(F)(F)F)cc2)oc1COc1ccc(Cc2nn[nH]n2)cc1.Cc1nc(-c2ccc(C(F)(F)F)cc2)oc1COc1ccc(OCc2nn[nH]n2)cc1. The second-order valence-corrected chi connectivity index (χ2v) is 13.0. The minimum atomic E-state index is -4.39. The molecule has 61 heavy (non-hydrogen) atoms. The van der Waals surface area contributed by atoms with Gasteiger partial charge in [0.1, 0.15) is 30.5 Å². The summed E-state index contributed by atoms with van der Waals surface area (Å²) in [5.74, 6) is 4.32.